The second kappa shape index (κ2) is 8.00. The van der Waals surface area contributed by atoms with Crippen LogP contribution in [0.25, 0.3) is 6.08 Å². The van der Waals surface area contributed by atoms with Gasteiger partial charge in [-0.25, -0.2) is 4.99 Å². The van der Waals surface area contributed by atoms with Crippen molar-refractivity contribution in [2.45, 2.75) is 25.7 Å². The Morgan fingerprint density at radius 3 is 2.67 bits per heavy atom. The van der Waals surface area contributed by atoms with E-state index < -0.39 is 0 Å². The molecule has 0 radical (unpaired) electrons. The molecule has 0 amide bonds. The Kier molecular flexibility index (Phi) is 5.10. The van der Waals surface area contributed by atoms with Crippen LogP contribution in [-0.2, 0) is 19.3 Å². The number of aryl methyl sites for hydroxylation is 2. The largest absolute Gasteiger partial charge is 0.384 e. The molecule has 3 nitrogen and oxygen atoms in total. The average Bonchev–Trinajstić information content (AvgIpc) is 3.16. The van der Waals surface area contributed by atoms with Crippen LogP contribution in [0.2, 0.25) is 0 Å². The molecular formula is C24H23N3. The number of aliphatic imine (C=N–C) groups is 1. The Hall–Kier alpha value is -3.20. The minimum atomic E-state index is 0.521. The molecule has 0 spiro atoms. The Balaban J connectivity index is 1.41. The highest BCUT2D eigenvalue weighted by atomic mass is 14.8. The van der Waals surface area contributed by atoms with Gasteiger partial charge in [-0.05, 0) is 77.8 Å². The van der Waals surface area contributed by atoms with Crippen LogP contribution in [0, 0.1) is 0 Å². The van der Waals surface area contributed by atoms with Crippen LogP contribution >= 0.6 is 0 Å². The van der Waals surface area contributed by atoms with Crippen molar-refractivity contribution < 1.29 is 0 Å². The third-order valence-electron chi connectivity index (χ3n) is 4.90. The molecule has 3 aromatic rings. The number of amidine groups is 1. The molecule has 0 saturated carbocycles. The lowest BCUT2D eigenvalue weighted by Gasteiger charge is -2.02. The first-order valence-electron chi connectivity index (χ1n) is 9.38. The van der Waals surface area contributed by atoms with Crippen molar-refractivity contribution in [3.05, 3.63) is 101 Å². The van der Waals surface area contributed by atoms with E-state index in [0.717, 1.165) is 24.1 Å². The second-order valence-corrected chi connectivity index (χ2v) is 6.96. The van der Waals surface area contributed by atoms with E-state index in [-0.39, 0.29) is 0 Å². The van der Waals surface area contributed by atoms with Crippen LogP contribution in [0.15, 0.2) is 78.1 Å². The van der Waals surface area contributed by atoms with Gasteiger partial charge in [0.05, 0.1) is 5.69 Å². The molecule has 1 aliphatic rings. The van der Waals surface area contributed by atoms with E-state index in [2.05, 4.69) is 58.5 Å². The van der Waals surface area contributed by atoms with Crippen LogP contribution in [0.5, 0.6) is 0 Å². The summed E-state index contributed by atoms with van der Waals surface area (Å²) in [5, 5.41) is 0. The molecule has 2 aromatic carbocycles. The van der Waals surface area contributed by atoms with Gasteiger partial charge in [0.2, 0.25) is 0 Å². The van der Waals surface area contributed by atoms with Gasteiger partial charge in [-0.2, -0.15) is 0 Å². The maximum absolute atomic E-state index is 6.09. The number of pyridine rings is 1. The highest BCUT2D eigenvalue weighted by Gasteiger charge is 2.10. The number of hydrogen-bond acceptors (Lipinski definition) is 2. The lowest BCUT2D eigenvalue weighted by Crippen LogP contribution is -2.06. The SMILES string of the molecule is NC(/C=C/c1ccc(Cc2cccnc2)cc1)=Nc1ccc2c(c1)CCC2. The predicted molar refractivity (Wildman–Crippen MR) is 112 cm³/mol. The van der Waals surface area contributed by atoms with Gasteiger partial charge in [-0.15, -0.1) is 0 Å². The summed E-state index contributed by atoms with van der Waals surface area (Å²) in [6.07, 6.45) is 12.0. The van der Waals surface area contributed by atoms with Gasteiger partial charge in [0.1, 0.15) is 5.84 Å². The van der Waals surface area contributed by atoms with Crippen LogP contribution in [0.1, 0.15) is 34.2 Å². The van der Waals surface area contributed by atoms with Crippen molar-refractivity contribution in [3.63, 3.8) is 0 Å². The Morgan fingerprint density at radius 2 is 1.85 bits per heavy atom. The Labute approximate surface area is 160 Å². The minimum Gasteiger partial charge on any atom is -0.384 e. The molecule has 0 fully saturated rings. The van der Waals surface area contributed by atoms with Crippen LogP contribution in [-0.4, -0.2) is 10.8 Å². The van der Waals surface area contributed by atoms with Crippen molar-refractivity contribution in [1.29, 1.82) is 0 Å². The second-order valence-electron chi connectivity index (χ2n) is 6.96. The fraction of sp³-hybridized carbons (Fsp3) is 0.167. The van der Waals surface area contributed by atoms with Gasteiger partial charge >= 0.3 is 0 Å². The lowest BCUT2D eigenvalue weighted by molar-refractivity contribution is 0.912. The smallest absolute Gasteiger partial charge is 0.124 e. The van der Waals surface area contributed by atoms with Gasteiger partial charge in [0.15, 0.2) is 0 Å². The summed E-state index contributed by atoms with van der Waals surface area (Å²) in [5.41, 5.74) is 13.5. The zero-order chi connectivity index (χ0) is 18.5. The molecule has 0 unspecified atom stereocenters. The first-order valence-corrected chi connectivity index (χ1v) is 9.38. The molecule has 4 rings (SSSR count). The molecule has 0 bridgehead atoms. The predicted octanol–water partition coefficient (Wildman–Crippen LogP) is 4.86. The Bertz CT molecular complexity index is 970. The molecular weight excluding hydrogens is 330 g/mol. The Morgan fingerprint density at radius 1 is 1.00 bits per heavy atom. The number of hydrogen-bond donors (Lipinski definition) is 1. The summed E-state index contributed by atoms with van der Waals surface area (Å²) < 4.78 is 0. The van der Waals surface area contributed by atoms with Crippen LogP contribution in [0.4, 0.5) is 5.69 Å². The van der Waals surface area contributed by atoms with E-state index in [1.807, 2.05) is 24.4 Å². The number of fused-ring (bicyclic) bond motifs is 1. The molecule has 1 aromatic heterocycles. The number of nitrogens with zero attached hydrogens (tertiary/aromatic N) is 2. The van der Waals surface area contributed by atoms with Crippen molar-refractivity contribution in [1.82, 2.24) is 4.98 Å². The van der Waals surface area contributed by atoms with Crippen molar-refractivity contribution in [2.75, 3.05) is 0 Å². The highest BCUT2D eigenvalue weighted by Crippen LogP contribution is 2.26. The quantitative estimate of drug-likeness (QED) is 0.526. The zero-order valence-corrected chi connectivity index (χ0v) is 15.3. The first kappa shape index (κ1) is 17.2. The topological polar surface area (TPSA) is 51.3 Å². The summed E-state index contributed by atoms with van der Waals surface area (Å²) in [5.74, 6) is 0.521. The highest BCUT2D eigenvalue weighted by molar-refractivity contribution is 5.96. The van der Waals surface area contributed by atoms with E-state index in [1.165, 1.54) is 35.1 Å². The van der Waals surface area contributed by atoms with Crippen molar-refractivity contribution >= 4 is 17.6 Å². The number of benzene rings is 2. The molecule has 134 valence electrons. The van der Waals surface area contributed by atoms with Crippen LogP contribution < -0.4 is 5.73 Å². The van der Waals surface area contributed by atoms with Crippen molar-refractivity contribution in [2.24, 2.45) is 10.7 Å². The fourth-order valence-corrected chi connectivity index (χ4v) is 3.48. The van der Waals surface area contributed by atoms with Gasteiger partial charge < -0.3 is 5.73 Å². The maximum atomic E-state index is 6.09. The van der Waals surface area contributed by atoms with E-state index in [1.54, 1.807) is 6.20 Å². The van der Waals surface area contributed by atoms with Gasteiger partial charge in [0, 0.05) is 12.4 Å². The molecule has 0 atom stereocenters. The summed E-state index contributed by atoms with van der Waals surface area (Å²) in [4.78, 5) is 8.69. The monoisotopic (exact) mass is 353 g/mol. The maximum Gasteiger partial charge on any atom is 0.124 e. The van der Waals surface area contributed by atoms with Crippen molar-refractivity contribution in [3.8, 4) is 0 Å². The molecule has 3 heteroatoms. The van der Waals surface area contributed by atoms with Gasteiger partial charge in [-0.1, -0.05) is 42.5 Å². The molecule has 0 aliphatic heterocycles. The summed E-state index contributed by atoms with van der Waals surface area (Å²) in [7, 11) is 0. The zero-order valence-electron chi connectivity index (χ0n) is 15.3. The summed E-state index contributed by atoms with van der Waals surface area (Å²) in [6.45, 7) is 0. The normalized spacial score (nSPS) is 13.9. The lowest BCUT2D eigenvalue weighted by atomic mass is 10.0. The number of aromatic nitrogens is 1. The molecule has 0 saturated heterocycles. The average molecular weight is 353 g/mol. The first-order chi connectivity index (χ1) is 13.3. The third-order valence-corrected chi connectivity index (χ3v) is 4.90. The summed E-state index contributed by atoms with van der Waals surface area (Å²) >= 11 is 0. The summed E-state index contributed by atoms with van der Waals surface area (Å²) in [6, 6.07) is 18.9. The van der Waals surface area contributed by atoms with E-state index in [4.69, 9.17) is 5.73 Å². The number of nitrogens with two attached hydrogens (primary N) is 1. The molecule has 2 N–H and O–H groups in total. The standard InChI is InChI=1S/C24H23N3/c25-24(27-23-12-11-21-4-1-5-22(21)16-23)13-10-18-6-8-19(9-7-18)15-20-3-2-14-26-17-20/h2-3,6-14,16-17H,1,4-5,15H2,(H2,25,27)/b13-10+. The van der Waals surface area contributed by atoms with E-state index >= 15 is 0 Å². The third kappa shape index (κ3) is 4.50. The van der Waals surface area contributed by atoms with E-state index in [0.29, 0.717) is 5.84 Å². The minimum absolute atomic E-state index is 0.521. The van der Waals surface area contributed by atoms with E-state index in [9.17, 15) is 0 Å². The van der Waals surface area contributed by atoms with Gasteiger partial charge in [0.25, 0.3) is 0 Å². The molecule has 27 heavy (non-hydrogen) atoms. The number of rotatable bonds is 5. The van der Waals surface area contributed by atoms with Gasteiger partial charge in [-0.3, -0.25) is 4.98 Å². The fourth-order valence-electron chi connectivity index (χ4n) is 3.48. The molecule has 1 heterocycles. The van der Waals surface area contributed by atoms with Crippen LogP contribution in [0.3, 0.4) is 0 Å². The molecule has 1 aliphatic carbocycles.